The summed E-state index contributed by atoms with van der Waals surface area (Å²) in [5.41, 5.74) is 0.720. The van der Waals surface area contributed by atoms with Crippen LogP contribution in [0.1, 0.15) is 12.8 Å². The molecule has 0 atom stereocenters. The average Bonchev–Trinajstić information content (AvgIpc) is 3.23. The van der Waals surface area contributed by atoms with Crippen LogP contribution in [0.3, 0.4) is 0 Å². The molecule has 2 aliphatic heterocycles. The summed E-state index contributed by atoms with van der Waals surface area (Å²) < 4.78 is 12.1. The van der Waals surface area contributed by atoms with Gasteiger partial charge in [-0.25, -0.2) is 4.98 Å². The highest BCUT2D eigenvalue weighted by molar-refractivity contribution is 7.22. The van der Waals surface area contributed by atoms with Gasteiger partial charge in [-0.1, -0.05) is 11.3 Å². The summed E-state index contributed by atoms with van der Waals surface area (Å²) in [5, 5.41) is 0.535. The minimum atomic E-state index is -0.314. The van der Waals surface area contributed by atoms with Crippen molar-refractivity contribution in [3.8, 4) is 11.5 Å². The predicted molar refractivity (Wildman–Crippen MR) is 107 cm³/mol. The quantitative estimate of drug-likeness (QED) is 0.646. The molecule has 0 spiro atoms. The van der Waals surface area contributed by atoms with Crippen LogP contribution in [0.25, 0.3) is 10.2 Å². The van der Waals surface area contributed by atoms with Crippen molar-refractivity contribution in [3.63, 3.8) is 0 Å². The number of hydrogen-bond donors (Lipinski definition) is 1. The number of amides is 3. The zero-order valence-electron chi connectivity index (χ0n) is 16.4. The SMILES string of the molecule is C[NH+](C)CCN(C(=O)CN1C(=O)CCC1=O)c1nc2cc3c(cc2s1)OCCO3. The molecule has 1 fully saturated rings. The summed E-state index contributed by atoms with van der Waals surface area (Å²) in [6.45, 7) is 1.87. The second kappa shape index (κ2) is 7.96. The fourth-order valence-corrected chi connectivity index (χ4v) is 4.27. The number of nitrogens with zero attached hydrogens (tertiary/aromatic N) is 3. The van der Waals surface area contributed by atoms with Crippen molar-refractivity contribution in [3.05, 3.63) is 12.1 Å². The lowest BCUT2D eigenvalue weighted by atomic mass is 10.3. The van der Waals surface area contributed by atoms with Gasteiger partial charge in [0.05, 0.1) is 37.4 Å². The van der Waals surface area contributed by atoms with Gasteiger partial charge in [0, 0.05) is 25.0 Å². The molecular weight excluding hydrogens is 396 g/mol. The molecule has 154 valence electrons. The minimum Gasteiger partial charge on any atom is -0.486 e. The summed E-state index contributed by atoms with van der Waals surface area (Å²) in [4.78, 5) is 45.3. The number of carbonyl (C=O) groups is 3. The fraction of sp³-hybridized carbons (Fsp3) is 0.474. The maximum absolute atomic E-state index is 13.0. The van der Waals surface area contributed by atoms with E-state index in [4.69, 9.17) is 9.47 Å². The van der Waals surface area contributed by atoms with Crippen LogP contribution in [-0.2, 0) is 14.4 Å². The van der Waals surface area contributed by atoms with Gasteiger partial charge in [-0.2, -0.15) is 0 Å². The first-order chi connectivity index (χ1) is 13.9. The van der Waals surface area contributed by atoms with Crippen molar-refractivity contribution in [2.24, 2.45) is 0 Å². The van der Waals surface area contributed by atoms with Crippen molar-refractivity contribution in [2.45, 2.75) is 12.8 Å². The number of rotatable bonds is 6. The highest BCUT2D eigenvalue weighted by atomic mass is 32.1. The molecule has 2 aromatic rings. The Kier molecular flexibility index (Phi) is 5.37. The van der Waals surface area contributed by atoms with Crippen LogP contribution in [0.5, 0.6) is 11.5 Å². The van der Waals surface area contributed by atoms with E-state index in [2.05, 4.69) is 4.98 Å². The number of carbonyl (C=O) groups excluding carboxylic acids is 3. The van der Waals surface area contributed by atoms with Gasteiger partial charge in [0.25, 0.3) is 0 Å². The molecule has 0 radical (unpaired) electrons. The van der Waals surface area contributed by atoms with Crippen LogP contribution in [0, 0.1) is 0 Å². The van der Waals surface area contributed by atoms with Gasteiger partial charge in [-0.15, -0.1) is 0 Å². The molecule has 1 saturated heterocycles. The lowest BCUT2D eigenvalue weighted by Crippen LogP contribution is -3.06. The van der Waals surface area contributed by atoms with E-state index in [1.165, 1.54) is 16.2 Å². The number of fused-ring (bicyclic) bond motifs is 2. The van der Waals surface area contributed by atoms with Crippen molar-refractivity contribution < 1.29 is 28.8 Å². The first-order valence-corrected chi connectivity index (χ1v) is 10.4. The summed E-state index contributed by atoms with van der Waals surface area (Å²) in [5.74, 6) is 0.402. The van der Waals surface area contributed by atoms with E-state index < -0.39 is 0 Å². The molecule has 0 aliphatic carbocycles. The number of benzene rings is 1. The van der Waals surface area contributed by atoms with Gasteiger partial charge >= 0.3 is 0 Å². The number of thiazole rings is 1. The maximum atomic E-state index is 13.0. The zero-order chi connectivity index (χ0) is 20.5. The van der Waals surface area contributed by atoms with E-state index in [9.17, 15) is 14.4 Å². The molecule has 1 aromatic carbocycles. The number of nitrogens with one attached hydrogen (secondary N) is 1. The molecular formula is C19H23N4O5S+. The molecule has 1 N–H and O–H groups in total. The van der Waals surface area contributed by atoms with Gasteiger partial charge in [-0.05, 0) is 0 Å². The fourth-order valence-electron chi connectivity index (χ4n) is 3.25. The van der Waals surface area contributed by atoms with Crippen LogP contribution in [-0.4, -0.2) is 74.5 Å². The lowest BCUT2D eigenvalue weighted by molar-refractivity contribution is -0.856. The van der Waals surface area contributed by atoms with Crippen molar-refractivity contribution >= 4 is 44.4 Å². The second-order valence-electron chi connectivity index (χ2n) is 7.34. The zero-order valence-corrected chi connectivity index (χ0v) is 17.2. The number of anilines is 1. The Balaban J connectivity index is 1.62. The third-order valence-electron chi connectivity index (χ3n) is 4.86. The van der Waals surface area contributed by atoms with Crippen LogP contribution < -0.4 is 19.3 Å². The first kappa shape index (κ1) is 19.6. The normalized spacial score (nSPS) is 16.2. The molecule has 9 nitrogen and oxygen atoms in total. The summed E-state index contributed by atoms with van der Waals surface area (Å²) in [6.07, 6.45) is 0.335. The third-order valence-corrected chi connectivity index (χ3v) is 5.90. The molecule has 3 heterocycles. The predicted octanol–water partition coefficient (Wildman–Crippen LogP) is -0.306. The Morgan fingerprint density at radius 1 is 1.17 bits per heavy atom. The van der Waals surface area contributed by atoms with E-state index in [-0.39, 0.29) is 37.1 Å². The Labute approximate surface area is 171 Å². The number of quaternary nitrogens is 1. The Bertz CT molecular complexity index is 914. The maximum Gasteiger partial charge on any atom is 0.249 e. The molecule has 1 aromatic heterocycles. The molecule has 3 amide bonds. The molecule has 0 bridgehead atoms. The van der Waals surface area contributed by atoms with Crippen molar-refractivity contribution in [1.29, 1.82) is 0 Å². The monoisotopic (exact) mass is 419 g/mol. The largest absolute Gasteiger partial charge is 0.486 e. The number of imide groups is 1. The Morgan fingerprint density at radius 3 is 2.48 bits per heavy atom. The van der Waals surface area contributed by atoms with E-state index >= 15 is 0 Å². The van der Waals surface area contributed by atoms with Crippen molar-refractivity contribution in [1.82, 2.24) is 9.88 Å². The molecule has 10 heteroatoms. The second-order valence-corrected chi connectivity index (χ2v) is 8.35. The van der Waals surface area contributed by atoms with E-state index in [0.29, 0.717) is 42.9 Å². The van der Waals surface area contributed by atoms with Gasteiger partial charge in [0.2, 0.25) is 17.7 Å². The summed E-state index contributed by atoms with van der Waals surface area (Å²) in [6, 6.07) is 3.69. The molecule has 2 aliphatic rings. The smallest absolute Gasteiger partial charge is 0.249 e. The number of aromatic nitrogens is 1. The minimum absolute atomic E-state index is 0.167. The molecule has 4 rings (SSSR count). The molecule has 29 heavy (non-hydrogen) atoms. The Morgan fingerprint density at radius 2 is 1.83 bits per heavy atom. The van der Waals surface area contributed by atoms with Crippen LogP contribution in [0.4, 0.5) is 5.13 Å². The lowest BCUT2D eigenvalue weighted by Gasteiger charge is -2.23. The van der Waals surface area contributed by atoms with Crippen LogP contribution >= 0.6 is 11.3 Å². The number of hydrogen-bond acceptors (Lipinski definition) is 7. The first-order valence-electron chi connectivity index (χ1n) is 9.55. The van der Waals surface area contributed by atoms with Crippen molar-refractivity contribution in [2.75, 3.05) is 51.8 Å². The van der Waals surface area contributed by atoms with Gasteiger partial charge in [0.15, 0.2) is 16.6 Å². The van der Waals surface area contributed by atoms with Crippen LogP contribution in [0.2, 0.25) is 0 Å². The highest BCUT2D eigenvalue weighted by Gasteiger charge is 2.33. The highest BCUT2D eigenvalue weighted by Crippen LogP contribution is 2.38. The van der Waals surface area contributed by atoms with Gasteiger partial charge in [0.1, 0.15) is 19.8 Å². The Hall–Kier alpha value is -2.72. The number of ether oxygens (including phenoxy) is 2. The van der Waals surface area contributed by atoms with Gasteiger partial charge < -0.3 is 14.4 Å². The standard InChI is InChI=1S/C19H22N4O5S/c1-21(2)5-6-22(18(26)11-23-16(24)3-4-17(23)25)19-20-12-9-13-14(10-15(12)29-19)28-8-7-27-13/h9-10H,3-8,11H2,1-2H3/p+1. The van der Waals surface area contributed by atoms with E-state index in [1.807, 2.05) is 26.2 Å². The topological polar surface area (TPSA) is 93.5 Å². The molecule has 0 saturated carbocycles. The van der Waals surface area contributed by atoms with E-state index in [0.717, 1.165) is 15.1 Å². The molecule has 0 unspecified atom stereocenters. The summed E-state index contributed by atoms with van der Waals surface area (Å²) in [7, 11) is 3.99. The average molecular weight is 419 g/mol. The summed E-state index contributed by atoms with van der Waals surface area (Å²) >= 11 is 1.38. The third kappa shape index (κ3) is 4.03. The van der Waals surface area contributed by atoms with Gasteiger partial charge in [-0.3, -0.25) is 24.2 Å². The number of likely N-dealkylation sites (N-methyl/N-ethyl adjacent to an activating group) is 1. The van der Waals surface area contributed by atoms with Crippen LogP contribution in [0.15, 0.2) is 12.1 Å². The number of likely N-dealkylation sites (tertiary alicyclic amines) is 1. The van der Waals surface area contributed by atoms with E-state index in [1.54, 1.807) is 4.90 Å².